The fraction of sp³-hybridized carbons (Fsp3) is 0.385. The minimum absolute atomic E-state index is 0.221. The topological polar surface area (TPSA) is 49.9 Å². The number of hydrogen-bond acceptors (Lipinski definition) is 4. The number of amides is 2. The van der Waals surface area contributed by atoms with Crippen molar-refractivity contribution in [1.82, 2.24) is 4.90 Å². The smallest absolute Gasteiger partial charge is 0.278 e. The van der Waals surface area contributed by atoms with E-state index < -0.39 is 0 Å². The molecule has 1 heterocycles. The van der Waals surface area contributed by atoms with E-state index in [4.69, 9.17) is 4.74 Å². The number of anilines is 1. The molecule has 0 atom stereocenters. The molecule has 0 radical (unpaired) electrons. The van der Waals surface area contributed by atoms with Crippen LogP contribution in [0.2, 0.25) is 0 Å². The molecule has 1 aliphatic heterocycles. The zero-order valence-electron chi connectivity index (χ0n) is 18.8. The van der Waals surface area contributed by atoms with Gasteiger partial charge in [-0.1, -0.05) is 63.4 Å². The van der Waals surface area contributed by atoms with E-state index in [1.807, 2.05) is 66.5 Å². The summed E-state index contributed by atoms with van der Waals surface area (Å²) in [6, 6.07) is 17.1. The molecule has 0 aliphatic carbocycles. The van der Waals surface area contributed by atoms with Gasteiger partial charge in [-0.25, -0.2) is 0 Å². The minimum Gasteiger partial charge on any atom is -0.494 e. The second-order valence-corrected chi connectivity index (χ2v) is 7.81. The fourth-order valence-corrected chi connectivity index (χ4v) is 3.75. The highest BCUT2D eigenvalue weighted by molar-refractivity contribution is 6.36. The number of rotatable bonds is 11. The first-order chi connectivity index (χ1) is 15.1. The van der Waals surface area contributed by atoms with Crippen molar-refractivity contribution in [2.75, 3.05) is 25.1 Å². The van der Waals surface area contributed by atoms with E-state index in [0.29, 0.717) is 24.4 Å². The number of unbranched alkanes of at least 4 members (excludes halogenated alkanes) is 3. The number of carbonyl (C=O) groups excluding carboxylic acids is 2. The van der Waals surface area contributed by atoms with Crippen molar-refractivity contribution in [2.24, 2.45) is 0 Å². The summed E-state index contributed by atoms with van der Waals surface area (Å²) in [5, 5.41) is 0. The van der Waals surface area contributed by atoms with Crippen molar-refractivity contribution in [3.8, 4) is 5.75 Å². The van der Waals surface area contributed by atoms with Crippen molar-refractivity contribution in [1.29, 1.82) is 0 Å². The third-order valence-electron chi connectivity index (χ3n) is 5.47. The van der Waals surface area contributed by atoms with Crippen LogP contribution in [0.5, 0.6) is 5.75 Å². The highest BCUT2D eigenvalue weighted by Gasteiger charge is 2.40. The molecule has 31 heavy (non-hydrogen) atoms. The normalized spacial score (nSPS) is 13.8. The van der Waals surface area contributed by atoms with Gasteiger partial charge in [0.25, 0.3) is 11.8 Å². The molecule has 2 aromatic rings. The van der Waals surface area contributed by atoms with Gasteiger partial charge >= 0.3 is 0 Å². The molecule has 3 rings (SSSR count). The van der Waals surface area contributed by atoms with Crippen molar-refractivity contribution < 1.29 is 14.3 Å². The lowest BCUT2D eigenvalue weighted by Gasteiger charge is -2.21. The van der Waals surface area contributed by atoms with Crippen LogP contribution in [0.4, 0.5) is 5.69 Å². The average molecular weight is 421 g/mol. The van der Waals surface area contributed by atoms with Crippen LogP contribution in [-0.2, 0) is 9.59 Å². The molecule has 0 bridgehead atoms. The van der Waals surface area contributed by atoms with Gasteiger partial charge in [0.05, 0.1) is 12.2 Å². The van der Waals surface area contributed by atoms with Gasteiger partial charge in [0.2, 0.25) is 0 Å². The fourth-order valence-electron chi connectivity index (χ4n) is 3.75. The van der Waals surface area contributed by atoms with Gasteiger partial charge in [0.15, 0.2) is 0 Å². The molecular weight excluding hydrogens is 388 g/mol. The van der Waals surface area contributed by atoms with Crippen LogP contribution < -0.4 is 9.64 Å². The summed E-state index contributed by atoms with van der Waals surface area (Å²) >= 11 is 0. The van der Waals surface area contributed by atoms with E-state index in [-0.39, 0.29) is 11.8 Å². The molecule has 5 nitrogen and oxygen atoms in total. The summed E-state index contributed by atoms with van der Waals surface area (Å²) in [5.41, 5.74) is 2.48. The summed E-state index contributed by atoms with van der Waals surface area (Å²) in [6.07, 6.45) is 4.98. The summed E-state index contributed by atoms with van der Waals surface area (Å²) in [6.45, 7) is 5.30. The van der Waals surface area contributed by atoms with E-state index in [1.165, 1.54) is 4.90 Å². The van der Waals surface area contributed by atoms with Crippen molar-refractivity contribution in [2.45, 2.75) is 46.0 Å². The summed E-state index contributed by atoms with van der Waals surface area (Å²) in [5.74, 6) is 0.313. The van der Waals surface area contributed by atoms with Gasteiger partial charge in [-0.3, -0.25) is 14.5 Å². The van der Waals surface area contributed by atoms with Crippen LogP contribution in [0.25, 0.3) is 5.57 Å². The Bertz CT molecular complexity index is 919. The first-order valence-corrected chi connectivity index (χ1v) is 11.2. The van der Waals surface area contributed by atoms with Crippen molar-refractivity contribution >= 4 is 23.1 Å². The zero-order chi connectivity index (χ0) is 22.2. The number of nitrogens with zero attached hydrogens (tertiary/aromatic N) is 2. The second-order valence-electron chi connectivity index (χ2n) is 7.81. The van der Waals surface area contributed by atoms with Crippen LogP contribution in [0.15, 0.2) is 60.3 Å². The maximum absolute atomic E-state index is 13.4. The molecule has 0 aromatic heterocycles. The molecular formula is C26H32N2O3. The average Bonchev–Trinajstić information content (AvgIpc) is 3.05. The Hall–Kier alpha value is -3.08. The molecule has 0 N–H and O–H groups in total. The van der Waals surface area contributed by atoms with Crippen molar-refractivity contribution in [3.63, 3.8) is 0 Å². The monoisotopic (exact) mass is 420 g/mol. The summed E-state index contributed by atoms with van der Waals surface area (Å²) in [4.78, 5) is 30.0. The molecule has 5 heteroatoms. The predicted octanol–water partition coefficient (Wildman–Crippen LogP) is 5.27. The molecule has 0 fully saturated rings. The van der Waals surface area contributed by atoms with Gasteiger partial charge < -0.3 is 9.64 Å². The van der Waals surface area contributed by atoms with E-state index in [2.05, 4.69) is 13.8 Å². The predicted molar refractivity (Wildman–Crippen MR) is 125 cm³/mol. The molecule has 0 saturated carbocycles. The Kier molecular flexibility index (Phi) is 7.88. The van der Waals surface area contributed by atoms with E-state index in [0.717, 1.165) is 49.1 Å². The standard InChI is InChI=1S/C26H32N2O3/c1-4-6-7-11-18-28-25(29)23(20-14-16-22(17-15-20)31-19-5-2)24(26(28)30)27(3)21-12-9-8-10-13-21/h8-10,12-17H,4-7,11,18-19H2,1-3H3. The Labute approximate surface area is 185 Å². The van der Waals surface area contributed by atoms with Crippen LogP contribution in [0.1, 0.15) is 51.5 Å². The Morgan fingerprint density at radius 3 is 2.19 bits per heavy atom. The van der Waals surface area contributed by atoms with E-state index in [9.17, 15) is 9.59 Å². The third kappa shape index (κ3) is 5.16. The second kappa shape index (κ2) is 10.8. The van der Waals surface area contributed by atoms with Gasteiger partial charge in [0, 0.05) is 19.3 Å². The number of carbonyl (C=O) groups is 2. The lowest BCUT2D eigenvalue weighted by atomic mass is 10.0. The first kappa shape index (κ1) is 22.6. The van der Waals surface area contributed by atoms with Gasteiger partial charge in [0.1, 0.15) is 11.4 Å². The number of imide groups is 1. The van der Waals surface area contributed by atoms with Gasteiger partial charge in [-0.2, -0.15) is 0 Å². The Morgan fingerprint density at radius 2 is 1.55 bits per heavy atom. The van der Waals surface area contributed by atoms with Crippen LogP contribution >= 0.6 is 0 Å². The summed E-state index contributed by atoms with van der Waals surface area (Å²) in [7, 11) is 1.84. The lowest BCUT2D eigenvalue weighted by Crippen LogP contribution is -2.35. The Balaban J connectivity index is 1.95. The van der Waals surface area contributed by atoms with E-state index in [1.54, 1.807) is 0 Å². The maximum Gasteiger partial charge on any atom is 0.278 e. The highest BCUT2D eigenvalue weighted by atomic mass is 16.5. The molecule has 2 aromatic carbocycles. The number of benzene rings is 2. The molecule has 1 aliphatic rings. The van der Waals surface area contributed by atoms with Crippen molar-refractivity contribution in [3.05, 3.63) is 65.9 Å². The Morgan fingerprint density at radius 1 is 0.839 bits per heavy atom. The number of para-hydroxylation sites is 1. The van der Waals surface area contributed by atoms with Crippen LogP contribution in [-0.4, -0.2) is 36.9 Å². The largest absolute Gasteiger partial charge is 0.494 e. The van der Waals surface area contributed by atoms with Gasteiger partial charge in [-0.15, -0.1) is 0 Å². The highest BCUT2D eigenvalue weighted by Crippen LogP contribution is 2.34. The molecule has 0 unspecified atom stereocenters. The maximum atomic E-state index is 13.4. The molecule has 164 valence electrons. The van der Waals surface area contributed by atoms with E-state index >= 15 is 0 Å². The molecule has 2 amide bonds. The first-order valence-electron chi connectivity index (χ1n) is 11.2. The minimum atomic E-state index is -0.228. The molecule has 0 spiro atoms. The van der Waals surface area contributed by atoms with Crippen LogP contribution in [0.3, 0.4) is 0 Å². The summed E-state index contributed by atoms with van der Waals surface area (Å²) < 4.78 is 5.67. The number of ether oxygens (including phenoxy) is 1. The third-order valence-corrected chi connectivity index (χ3v) is 5.47. The quantitative estimate of drug-likeness (QED) is 0.367. The zero-order valence-corrected chi connectivity index (χ0v) is 18.8. The van der Waals surface area contributed by atoms with Crippen LogP contribution in [0, 0.1) is 0 Å². The lowest BCUT2D eigenvalue weighted by molar-refractivity contribution is -0.136. The molecule has 0 saturated heterocycles. The SMILES string of the molecule is CCCCCCN1C(=O)C(c2ccc(OCCC)cc2)=C(N(C)c2ccccc2)C1=O. The number of likely N-dealkylation sites (N-methyl/N-ethyl adjacent to an activating group) is 1. The van der Waals surface area contributed by atoms with Gasteiger partial charge in [-0.05, 0) is 42.7 Å². The number of hydrogen-bond donors (Lipinski definition) is 0.